The van der Waals surface area contributed by atoms with Gasteiger partial charge in [0.15, 0.2) is 0 Å². The third kappa shape index (κ3) is 4.45. The molecule has 4 heteroatoms. The van der Waals surface area contributed by atoms with E-state index >= 15 is 0 Å². The molecule has 1 aliphatic carbocycles. The van der Waals surface area contributed by atoms with Crippen molar-refractivity contribution in [2.45, 2.75) is 76.3 Å². The number of rotatable bonds is 3. The number of hydrogen-bond acceptors (Lipinski definition) is 3. The van der Waals surface area contributed by atoms with Crippen LogP contribution in [0.1, 0.15) is 62.5 Å². The van der Waals surface area contributed by atoms with Crippen LogP contribution in [0, 0.1) is 5.92 Å². The first kappa shape index (κ1) is 20.5. The molecule has 0 N–H and O–H groups in total. The summed E-state index contributed by atoms with van der Waals surface area (Å²) >= 11 is 0. The van der Waals surface area contributed by atoms with Crippen LogP contribution in [0.2, 0.25) is 0 Å². The average molecular weight is 410 g/mol. The zero-order valence-electron chi connectivity index (χ0n) is 18.6. The van der Waals surface area contributed by atoms with Crippen LogP contribution in [0.5, 0.6) is 0 Å². The highest BCUT2D eigenvalue weighted by Crippen LogP contribution is 2.30. The fourth-order valence-electron chi connectivity index (χ4n) is 6.50. The smallest absolute Gasteiger partial charge is 0.226 e. The molecule has 3 aliphatic heterocycles. The van der Waals surface area contributed by atoms with Gasteiger partial charge in [-0.25, -0.2) is 0 Å². The molecule has 4 aliphatic rings. The topological polar surface area (TPSA) is 26.8 Å². The Morgan fingerprint density at radius 2 is 1.37 bits per heavy atom. The van der Waals surface area contributed by atoms with Gasteiger partial charge in [0.1, 0.15) is 0 Å². The molecule has 0 radical (unpaired) electrons. The highest BCUT2D eigenvalue weighted by Gasteiger charge is 2.35. The predicted octanol–water partition coefficient (Wildman–Crippen LogP) is 3.73. The molecule has 0 saturated carbocycles. The molecule has 5 rings (SSSR count). The first-order valence-corrected chi connectivity index (χ1v) is 12.6. The maximum atomic E-state index is 13.2. The first-order chi connectivity index (χ1) is 14.8. The van der Waals surface area contributed by atoms with Crippen molar-refractivity contribution >= 4 is 5.91 Å². The second-order valence-corrected chi connectivity index (χ2v) is 10.2. The molecule has 1 atom stereocenters. The van der Waals surface area contributed by atoms with Crippen molar-refractivity contribution < 1.29 is 4.79 Å². The number of likely N-dealkylation sites (tertiary alicyclic amines) is 3. The first-order valence-electron chi connectivity index (χ1n) is 12.6. The molecule has 3 fully saturated rings. The Hall–Kier alpha value is -1.39. The third-order valence-electron chi connectivity index (χ3n) is 8.28. The number of carbonyl (C=O) groups is 1. The molecule has 0 spiro atoms. The van der Waals surface area contributed by atoms with Gasteiger partial charge in [-0.15, -0.1) is 0 Å². The second-order valence-electron chi connectivity index (χ2n) is 10.2. The van der Waals surface area contributed by atoms with Gasteiger partial charge in [0.25, 0.3) is 0 Å². The lowest BCUT2D eigenvalue weighted by atomic mass is 9.92. The summed E-state index contributed by atoms with van der Waals surface area (Å²) < 4.78 is 0. The molecule has 4 nitrogen and oxygen atoms in total. The zero-order valence-corrected chi connectivity index (χ0v) is 18.6. The Morgan fingerprint density at radius 3 is 2.03 bits per heavy atom. The van der Waals surface area contributed by atoms with Gasteiger partial charge < -0.3 is 4.90 Å². The van der Waals surface area contributed by atoms with Gasteiger partial charge >= 0.3 is 0 Å². The minimum atomic E-state index is 0.249. The molecule has 1 aromatic carbocycles. The molecule has 0 aromatic heterocycles. The van der Waals surface area contributed by atoms with Gasteiger partial charge in [-0.3, -0.25) is 14.6 Å². The lowest BCUT2D eigenvalue weighted by Gasteiger charge is -2.44. The van der Waals surface area contributed by atoms with Crippen molar-refractivity contribution in [1.29, 1.82) is 0 Å². The lowest BCUT2D eigenvalue weighted by Crippen LogP contribution is -2.52. The molecule has 0 bridgehead atoms. The van der Waals surface area contributed by atoms with E-state index in [1.54, 1.807) is 11.1 Å². The molecular formula is C26H39N3O. The summed E-state index contributed by atoms with van der Waals surface area (Å²) in [5.74, 6) is 0.710. The fourth-order valence-corrected chi connectivity index (χ4v) is 6.50. The monoisotopic (exact) mass is 409 g/mol. The van der Waals surface area contributed by atoms with E-state index in [9.17, 15) is 4.79 Å². The van der Waals surface area contributed by atoms with Crippen LogP contribution in [0.3, 0.4) is 0 Å². The SMILES string of the molecule is O=C([C@H]1CCCN(C2CCN(C3Cc4ccccc4C3)CC2)C1)N1CCCCCC1. The van der Waals surface area contributed by atoms with Gasteiger partial charge in [-0.2, -0.15) is 0 Å². The van der Waals surface area contributed by atoms with Crippen LogP contribution in [0.4, 0.5) is 0 Å². The van der Waals surface area contributed by atoms with Crippen LogP contribution in [-0.2, 0) is 17.6 Å². The summed E-state index contributed by atoms with van der Waals surface area (Å²) in [6, 6.07) is 10.4. The number of piperidine rings is 2. The predicted molar refractivity (Wildman–Crippen MR) is 122 cm³/mol. The summed E-state index contributed by atoms with van der Waals surface area (Å²) in [6.45, 7) is 6.66. The average Bonchev–Trinajstić information content (AvgIpc) is 3.05. The standard InChI is InChI=1S/C26H39N3O/c30-26(28-13-5-1-2-6-14-28)23-10-7-15-29(20-23)24-11-16-27(17-12-24)25-18-21-8-3-4-9-22(21)19-25/h3-4,8-9,23-25H,1-2,5-7,10-20H2/t23-/m0/s1. The zero-order chi connectivity index (χ0) is 20.3. The highest BCUT2D eigenvalue weighted by molar-refractivity contribution is 5.79. The summed E-state index contributed by atoms with van der Waals surface area (Å²) in [5.41, 5.74) is 3.13. The Bertz CT molecular complexity index is 694. The minimum absolute atomic E-state index is 0.249. The van der Waals surface area contributed by atoms with Crippen LogP contribution < -0.4 is 0 Å². The van der Waals surface area contributed by atoms with Crippen molar-refractivity contribution in [2.75, 3.05) is 39.3 Å². The number of benzene rings is 1. The van der Waals surface area contributed by atoms with Gasteiger partial charge in [0.05, 0.1) is 5.92 Å². The van der Waals surface area contributed by atoms with E-state index in [2.05, 4.69) is 39.0 Å². The summed E-state index contributed by atoms with van der Waals surface area (Å²) in [4.78, 5) is 20.8. The van der Waals surface area contributed by atoms with Crippen molar-refractivity contribution in [3.8, 4) is 0 Å². The summed E-state index contributed by atoms with van der Waals surface area (Å²) in [7, 11) is 0. The van der Waals surface area contributed by atoms with Crippen LogP contribution in [0.15, 0.2) is 24.3 Å². The quantitative estimate of drug-likeness (QED) is 0.761. The Kier molecular flexibility index (Phi) is 6.42. The van der Waals surface area contributed by atoms with Crippen molar-refractivity contribution in [3.05, 3.63) is 35.4 Å². The number of carbonyl (C=O) groups excluding carboxylic acids is 1. The Labute approximate surface area is 182 Å². The van der Waals surface area contributed by atoms with Crippen LogP contribution >= 0.6 is 0 Å². The van der Waals surface area contributed by atoms with Gasteiger partial charge in [-0.1, -0.05) is 37.1 Å². The molecule has 3 saturated heterocycles. The van der Waals surface area contributed by atoms with Crippen molar-refractivity contribution in [1.82, 2.24) is 14.7 Å². The largest absolute Gasteiger partial charge is 0.342 e. The fraction of sp³-hybridized carbons (Fsp3) is 0.731. The maximum absolute atomic E-state index is 13.2. The van der Waals surface area contributed by atoms with Gasteiger partial charge in [0, 0.05) is 31.7 Å². The van der Waals surface area contributed by atoms with E-state index in [1.807, 2.05) is 0 Å². The van der Waals surface area contributed by atoms with Gasteiger partial charge in [0.2, 0.25) is 5.91 Å². The molecule has 164 valence electrons. The number of fused-ring (bicyclic) bond motifs is 1. The minimum Gasteiger partial charge on any atom is -0.342 e. The summed E-state index contributed by atoms with van der Waals surface area (Å²) in [5, 5.41) is 0. The maximum Gasteiger partial charge on any atom is 0.226 e. The molecular weight excluding hydrogens is 370 g/mol. The lowest BCUT2D eigenvalue weighted by molar-refractivity contribution is -0.137. The number of nitrogens with zero attached hydrogens (tertiary/aromatic N) is 3. The van der Waals surface area contributed by atoms with Crippen LogP contribution in [0.25, 0.3) is 0 Å². The molecule has 3 heterocycles. The highest BCUT2D eigenvalue weighted by atomic mass is 16.2. The van der Waals surface area contributed by atoms with E-state index in [-0.39, 0.29) is 5.92 Å². The van der Waals surface area contributed by atoms with E-state index in [1.165, 1.54) is 77.4 Å². The second kappa shape index (κ2) is 9.40. The van der Waals surface area contributed by atoms with Gasteiger partial charge in [-0.05, 0) is 82.1 Å². The van der Waals surface area contributed by atoms with Crippen LogP contribution in [-0.4, -0.2) is 72.0 Å². The van der Waals surface area contributed by atoms with E-state index < -0.39 is 0 Å². The van der Waals surface area contributed by atoms with Crippen molar-refractivity contribution in [2.24, 2.45) is 5.92 Å². The third-order valence-corrected chi connectivity index (χ3v) is 8.28. The van der Waals surface area contributed by atoms with E-state index in [0.29, 0.717) is 18.0 Å². The number of amides is 1. The molecule has 1 amide bonds. The normalized spacial score (nSPS) is 27.7. The number of hydrogen-bond donors (Lipinski definition) is 0. The Morgan fingerprint density at radius 1 is 0.700 bits per heavy atom. The molecule has 30 heavy (non-hydrogen) atoms. The molecule has 0 unspecified atom stereocenters. The molecule has 1 aromatic rings. The van der Waals surface area contributed by atoms with E-state index in [4.69, 9.17) is 0 Å². The Balaban J connectivity index is 1.12. The van der Waals surface area contributed by atoms with Crippen molar-refractivity contribution in [3.63, 3.8) is 0 Å². The van der Waals surface area contributed by atoms with E-state index in [0.717, 1.165) is 26.1 Å². The summed E-state index contributed by atoms with van der Waals surface area (Å²) in [6.07, 6.45) is 12.3.